The predicted molar refractivity (Wildman–Crippen MR) is 129 cm³/mol. The van der Waals surface area contributed by atoms with Gasteiger partial charge in [0, 0.05) is 65.8 Å². The van der Waals surface area contributed by atoms with Crippen molar-refractivity contribution in [3.8, 4) is 0 Å². The Morgan fingerprint density at radius 1 is 1.23 bits per heavy atom. The van der Waals surface area contributed by atoms with Gasteiger partial charge in [0.25, 0.3) is 0 Å². The molecule has 0 spiro atoms. The second-order valence-corrected chi connectivity index (χ2v) is 9.29. The number of nitrogens with zero attached hydrogens (tertiary/aromatic N) is 2. The van der Waals surface area contributed by atoms with E-state index in [-0.39, 0.29) is 5.91 Å². The van der Waals surface area contributed by atoms with Gasteiger partial charge in [-0.15, -0.1) is 0 Å². The van der Waals surface area contributed by atoms with E-state index in [1.54, 1.807) is 6.92 Å². The molecule has 1 aromatic heterocycles. The van der Waals surface area contributed by atoms with Gasteiger partial charge >= 0.3 is 0 Å². The molecule has 3 aromatic rings. The smallest absolute Gasteiger partial charge is 0.223 e. The van der Waals surface area contributed by atoms with E-state index in [1.165, 1.54) is 27.6 Å². The van der Waals surface area contributed by atoms with Crippen molar-refractivity contribution in [2.45, 2.75) is 32.6 Å². The van der Waals surface area contributed by atoms with Crippen LogP contribution in [0.25, 0.3) is 16.5 Å². The van der Waals surface area contributed by atoms with Crippen LogP contribution >= 0.6 is 11.6 Å². The Labute approximate surface area is 188 Å². The molecule has 1 N–H and O–H groups in total. The highest BCUT2D eigenvalue weighted by atomic mass is 35.5. The van der Waals surface area contributed by atoms with E-state index in [2.05, 4.69) is 53.3 Å². The highest BCUT2D eigenvalue weighted by molar-refractivity contribution is 6.31. The number of fused-ring (bicyclic) bond motifs is 2. The summed E-state index contributed by atoms with van der Waals surface area (Å²) in [6, 6.07) is 12.5. The fraction of sp³-hybridized carbons (Fsp3) is 0.346. The van der Waals surface area contributed by atoms with Crippen LogP contribution < -0.4 is 4.90 Å². The topological polar surface area (TPSA) is 39.3 Å². The molecule has 0 radical (unpaired) electrons. The summed E-state index contributed by atoms with van der Waals surface area (Å²) in [6.45, 7) is 7.69. The summed E-state index contributed by atoms with van der Waals surface area (Å²) in [5, 5.41) is 2.00. The quantitative estimate of drug-likeness (QED) is 0.568. The summed E-state index contributed by atoms with van der Waals surface area (Å²) in [6.07, 6.45) is 6.61. The Morgan fingerprint density at radius 3 is 2.87 bits per heavy atom. The zero-order valence-electron chi connectivity index (χ0n) is 18.1. The van der Waals surface area contributed by atoms with Crippen molar-refractivity contribution in [3.63, 3.8) is 0 Å². The van der Waals surface area contributed by atoms with Crippen LogP contribution in [0.15, 0.2) is 48.7 Å². The fourth-order valence-corrected chi connectivity index (χ4v) is 5.24. The Bertz CT molecular complexity index is 1180. The second kappa shape index (κ2) is 8.18. The molecule has 0 saturated carbocycles. The van der Waals surface area contributed by atoms with Crippen molar-refractivity contribution in [2.75, 3.05) is 31.1 Å². The SMILES string of the molecule is CC(=O)N1CC(CCN2CC=C(c3c[nH]c4cc(Cl)ccc34)CC2)c2cc(C)ccc21. The van der Waals surface area contributed by atoms with E-state index < -0.39 is 0 Å². The minimum atomic E-state index is 0.137. The molecule has 5 heteroatoms. The molecule has 160 valence electrons. The van der Waals surface area contributed by atoms with Crippen LogP contribution in [0.3, 0.4) is 0 Å². The molecule has 1 amide bonds. The van der Waals surface area contributed by atoms with E-state index in [9.17, 15) is 4.79 Å². The number of hydrogen-bond donors (Lipinski definition) is 1. The van der Waals surface area contributed by atoms with Crippen LogP contribution in [0.4, 0.5) is 5.69 Å². The highest BCUT2D eigenvalue weighted by Gasteiger charge is 2.31. The first-order chi connectivity index (χ1) is 15.0. The predicted octanol–water partition coefficient (Wildman–Crippen LogP) is 5.76. The molecule has 0 saturated heterocycles. The standard InChI is InChI=1S/C26H28ClN3O/c1-17-3-6-26-23(13-17)20(16-30(26)18(2)31)9-12-29-10-7-19(8-11-29)24-15-28-25-14-21(27)4-5-22(24)25/h3-7,13-15,20,28H,8-12,16H2,1-2H3. The third kappa shape index (κ3) is 3.90. The normalized spacial score (nSPS) is 19.0. The lowest BCUT2D eigenvalue weighted by Crippen LogP contribution is -2.31. The molecule has 2 aliphatic heterocycles. The molecular weight excluding hydrogens is 406 g/mol. The zero-order chi connectivity index (χ0) is 21.5. The number of H-pyrrole nitrogens is 1. The summed E-state index contributed by atoms with van der Waals surface area (Å²) >= 11 is 6.12. The number of aromatic nitrogens is 1. The van der Waals surface area contributed by atoms with Gasteiger partial charge in [0.1, 0.15) is 0 Å². The molecule has 4 nitrogen and oxygen atoms in total. The molecule has 1 atom stereocenters. The molecular formula is C26H28ClN3O. The summed E-state index contributed by atoms with van der Waals surface area (Å²) in [7, 11) is 0. The van der Waals surface area contributed by atoms with E-state index in [0.29, 0.717) is 5.92 Å². The van der Waals surface area contributed by atoms with Gasteiger partial charge in [-0.1, -0.05) is 41.4 Å². The first-order valence-corrected chi connectivity index (χ1v) is 11.4. The number of carbonyl (C=O) groups is 1. The average Bonchev–Trinajstić information content (AvgIpc) is 3.33. The van der Waals surface area contributed by atoms with Gasteiger partial charge in [-0.2, -0.15) is 0 Å². The number of nitrogens with one attached hydrogen (secondary N) is 1. The highest BCUT2D eigenvalue weighted by Crippen LogP contribution is 2.39. The summed E-state index contributed by atoms with van der Waals surface area (Å²) in [5.41, 5.74) is 7.50. The van der Waals surface area contributed by atoms with Crippen LogP contribution in [0, 0.1) is 6.92 Å². The number of anilines is 1. The summed E-state index contributed by atoms with van der Waals surface area (Å²) in [4.78, 5) is 19.9. The number of carbonyl (C=O) groups excluding carboxylic acids is 1. The Morgan fingerprint density at radius 2 is 2.10 bits per heavy atom. The molecule has 0 fully saturated rings. The molecule has 3 heterocycles. The zero-order valence-corrected chi connectivity index (χ0v) is 18.9. The van der Waals surface area contributed by atoms with E-state index >= 15 is 0 Å². The van der Waals surface area contributed by atoms with Crippen molar-refractivity contribution in [1.29, 1.82) is 0 Å². The number of benzene rings is 2. The Hall–Kier alpha value is -2.56. The van der Waals surface area contributed by atoms with Gasteiger partial charge in [0.2, 0.25) is 5.91 Å². The largest absolute Gasteiger partial charge is 0.361 e. The lowest BCUT2D eigenvalue weighted by molar-refractivity contribution is -0.116. The third-order valence-electron chi connectivity index (χ3n) is 6.77. The lowest BCUT2D eigenvalue weighted by Gasteiger charge is -2.27. The van der Waals surface area contributed by atoms with E-state index in [0.717, 1.165) is 55.2 Å². The Kier molecular flexibility index (Phi) is 5.37. The average molecular weight is 434 g/mol. The third-order valence-corrected chi connectivity index (χ3v) is 7.01. The van der Waals surface area contributed by atoms with Crippen molar-refractivity contribution in [3.05, 3.63) is 70.4 Å². The van der Waals surface area contributed by atoms with Gasteiger partial charge in [-0.05, 0) is 55.6 Å². The van der Waals surface area contributed by atoms with Crippen LogP contribution in [0.2, 0.25) is 5.02 Å². The van der Waals surface area contributed by atoms with Crippen molar-refractivity contribution in [1.82, 2.24) is 9.88 Å². The van der Waals surface area contributed by atoms with E-state index in [1.807, 2.05) is 17.0 Å². The van der Waals surface area contributed by atoms with Crippen LogP contribution in [0.1, 0.15) is 42.4 Å². The number of amides is 1. The number of rotatable bonds is 4. The molecule has 0 aliphatic carbocycles. The number of halogens is 1. The minimum Gasteiger partial charge on any atom is -0.361 e. The van der Waals surface area contributed by atoms with Gasteiger partial charge in [-0.3, -0.25) is 9.69 Å². The molecule has 0 bridgehead atoms. The molecule has 2 aliphatic rings. The molecule has 2 aromatic carbocycles. The monoisotopic (exact) mass is 433 g/mol. The van der Waals surface area contributed by atoms with Crippen LogP contribution in [0.5, 0.6) is 0 Å². The first-order valence-electron chi connectivity index (χ1n) is 11.1. The van der Waals surface area contributed by atoms with Gasteiger partial charge < -0.3 is 9.88 Å². The van der Waals surface area contributed by atoms with Gasteiger partial charge in [-0.25, -0.2) is 0 Å². The number of aromatic amines is 1. The maximum Gasteiger partial charge on any atom is 0.223 e. The minimum absolute atomic E-state index is 0.137. The summed E-state index contributed by atoms with van der Waals surface area (Å²) in [5.74, 6) is 0.556. The maximum atomic E-state index is 12.1. The van der Waals surface area contributed by atoms with E-state index in [4.69, 9.17) is 11.6 Å². The lowest BCUT2D eigenvalue weighted by atomic mass is 9.95. The van der Waals surface area contributed by atoms with Crippen molar-refractivity contribution < 1.29 is 4.79 Å². The van der Waals surface area contributed by atoms with Crippen molar-refractivity contribution >= 4 is 39.7 Å². The van der Waals surface area contributed by atoms with Crippen LogP contribution in [-0.2, 0) is 4.79 Å². The molecule has 1 unspecified atom stereocenters. The summed E-state index contributed by atoms with van der Waals surface area (Å²) < 4.78 is 0. The fourth-order valence-electron chi connectivity index (χ4n) is 5.07. The maximum absolute atomic E-state index is 12.1. The van der Waals surface area contributed by atoms with Gasteiger partial charge in [0.05, 0.1) is 0 Å². The Balaban J connectivity index is 1.26. The van der Waals surface area contributed by atoms with Gasteiger partial charge in [0.15, 0.2) is 0 Å². The molecule has 5 rings (SSSR count). The first kappa shape index (κ1) is 20.3. The van der Waals surface area contributed by atoms with Crippen molar-refractivity contribution in [2.24, 2.45) is 0 Å². The molecule has 31 heavy (non-hydrogen) atoms. The second-order valence-electron chi connectivity index (χ2n) is 8.85. The van der Waals surface area contributed by atoms with Crippen LogP contribution in [-0.4, -0.2) is 42.0 Å². The number of aryl methyl sites for hydroxylation is 1. The number of hydrogen-bond acceptors (Lipinski definition) is 2.